The molecule has 0 amide bonds. The zero-order valence-electron chi connectivity index (χ0n) is 14.1. The number of nitrogens with two attached hydrogens (primary N) is 1. The molecule has 0 fully saturated rings. The van der Waals surface area contributed by atoms with Gasteiger partial charge in [0.1, 0.15) is 0 Å². The van der Waals surface area contributed by atoms with Crippen LogP contribution in [0.15, 0.2) is 41.3 Å². The molecule has 0 radical (unpaired) electrons. The Morgan fingerprint density at radius 2 is 1.88 bits per heavy atom. The van der Waals surface area contributed by atoms with Crippen LogP contribution in [-0.4, -0.2) is 28.7 Å². The predicted octanol–water partition coefficient (Wildman–Crippen LogP) is 2.85. The SMILES string of the molecule is CCOc1cc(CCNS(=O)(=O)c2ccc(N)cc2)cc(Cl)c1OC. The first kappa shape index (κ1) is 19.4. The van der Waals surface area contributed by atoms with E-state index in [4.69, 9.17) is 26.8 Å². The van der Waals surface area contributed by atoms with Gasteiger partial charge in [-0.25, -0.2) is 13.1 Å². The Balaban J connectivity index is 2.07. The molecule has 3 N–H and O–H groups in total. The standard InChI is InChI=1S/C17H21ClN2O4S/c1-3-24-16-11-12(10-15(18)17(16)23-2)8-9-20-25(21,22)14-6-4-13(19)5-7-14/h4-7,10-11,20H,3,8-9,19H2,1-2H3. The second kappa shape index (κ2) is 8.42. The van der Waals surface area contributed by atoms with E-state index in [1.165, 1.54) is 19.2 Å². The maximum Gasteiger partial charge on any atom is 0.240 e. The lowest BCUT2D eigenvalue weighted by Crippen LogP contribution is -2.26. The van der Waals surface area contributed by atoms with E-state index in [1.807, 2.05) is 6.92 Å². The van der Waals surface area contributed by atoms with Crippen molar-refractivity contribution in [2.24, 2.45) is 0 Å². The van der Waals surface area contributed by atoms with Crippen molar-refractivity contribution in [1.82, 2.24) is 4.72 Å². The summed E-state index contributed by atoms with van der Waals surface area (Å²) >= 11 is 6.19. The van der Waals surface area contributed by atoms with Gasteiger partial charge in [-0.15, -0.1) is 0 Å². The van der Waals surface area contributed by atoms with Gasteiger partial charge in [0.2, 0.25) is 10.0 Å². The Kier molecular flexibility index (Phi) is 6.52. The number of halogens is 1. The van der Waals surface area contributed by atoms with Crippen LogP contribution in [-0.2, 0) is 16.4 Å². The molecule has 0 spiro atoms. The molecule has 0 atom stereocenters. The average molecular weight is 385 g/mol. The molecule has 0 aliphatic carbocycles. The van der Waals surface area contributed by atoms with E-state index in [-0.39, 0.29) is 11.4 Å². The second-order valence-electron chi connectivity index (χ2n) is 5.26. The van der Waals surface area contributed by atoms with Gasteiger partial charge < -0.3 is 15.2 Å². The van der Waals surface area contributed by atoms with Crippen molar-refractivity contribution in [3.8, 4) is 11.5 Å². The highest BCUT2D eigenvalue weighted by Gasteiger charge is 2.15. The summed E-state index contributed by atoms with van der Waals surface area (Å²) in [6.07, 6.45) is 0.456. The first-order chi connectivity index (χ1) is 11.9. The van der Waals surface area contributed by atoms with Crippen molar-refractivity contribution >= 4 is 27.3 Å². The zero-order valence-corrected chi connectivity index (χ0v) is 15.7. The maximum atomic E-state index is 12.2. The van der Waals surface area contributed by atoms with Gasteiger partial charge in [-0.2, -0.15) is 0 Å². The van der Waals surface area contributed by atoms with E-state index < -0.39 is 10.0 Å². The van der Waals surface area contributed by atoms with Crippen LogP contribution in [0.3, 0.4) is 0 Å². The quantitative estimate of drug-likeness (QED) is 0.683. The number of nitrogen functional groups attached to an aromatic ring is 1. The van der Waals surface area contributed by atoms with Gasteiger partial charge in [0, 0.05) is 12.2 Å². The molecular weight excluding hydrogens is 364 g/mol. The number of sulfonamides is 1. The molecule has 8 heteroatoms. The molecule has 2 rings (SSSR count). The summed E-state index contributed by atoms with van der Waals surface area (Å²) in [7, 11) is -2.07. The normalized spacial score (nSPS) is 11.3. The van der Waals surface area contributed by atoms with E-state index in [0.29, 0.717) is 35.2 Å². The molecule has 2 aromatic carbocycles. The number of rotatable bonds is 8. The molecule has 6 nitrogen and oxygen atoms in total. The number of anilines is 1. The minimum absolute atomic E-state index is 0.171. The van der Waals surface area contributed by atoms with Crippen LogP contribution in [0.5, 0.6) is 11.5 Å². The Hall–Kier alpha value is -1.96. The predicted molar refractivity (Wildman–Crippen MR) is 98.9 cm³/mol. The molecule has 0 aliphatic heterocycles. The van der Waals surface area contributed by atoms with Crippen molar-refractivity contribution < 1.29 is 17.9 Å². The Morgan fingerprint density at radius 1 is 1.20 bits per heavy atom. The molecule has 136 valence electrons. The third kappa shape index (κ3) is 5.01. The smallest absolute Gasteiger partial charge is 0.240 e. The summed E-state index contributed by atoms with van der Waals surface area (Å²) in [5.41, 5.74) is 6.92. The van der Waals surface area contributed by atoms with Crippen molar-refractivity contribution in [2.75, 3.05) is 26.0 Å². The molecule has 0 saturated carbocycles. The molecule has 0 unspecified atom stereocenters. The molecule has 0 aromatic heterocycles. The number of hydrogen-bond donors (Lipinski definition) is 2. The third-order valence-electron chi connectivity index (χ3n) is 3.47. The molecule has 0 saturated heterocycles. The lowest BCUT2D eigenvalue weighted by atomic mass is 10.1. The highest BCUT2D eigenvalue weighted by atomic mass is 35.5. The second-order valence-corrected chi connectivity index (χ2v) is 7.43. The summed E-state index contributed by atoms with van der Waals surface area (Å²) in [5, 5.41) is 0.421. The molecule has 0 bridgehead atoms. The first-order valence-electron chi connectivity index (χ1n) is 7.71. The number of ether oxygens (including phenoxy) is 2. The topological polar surface area (TPSA) is 90.7 Å². The lowest BCUT2D eigenvalue weighted by Gasteiger charge is -2.13. The Bertz CT molecular complexity index is 823. The van der Waals surface area contributed by atoms with Crippen molar-refractivity contribution in [3.05, 3.63) is 47.0 Å². The highest BCUT2D eigenvalue weighted by molar-refractivity contribution is 7.89. The van der Waals surface area contributed by atoms with Crippen LogP contribution < -0.4 is 19.9 Å². The number of methoxy groups -OCH3 is 1. The highest BCUT2D eigenvalue weighted by Crippen LogP contribution is 2.36. The fraction of sp³-hybridized carbons (Fsp3) is 0.294. The van der Waals surface area contributed by atoms with Gasteiger partial charge in [0.15, 0.2) is 11.5 Å². The van der Waals surface area contributed by atoms with Crippen molar-refractivity contribution in [3.63, 3.8) is 0 Å². The van der Waals surface area contributed by atoms with Crippen molar-refractivity contribution in [1.29, 1.82) is 0 Å². The average Bonchev–Trinajstić information content (AvgIpc) is 2.55. The summed E-state index contributed by atoms with van der Waals surface area (Å²) in [5.74, 6) is 1.00. The first-order valence-corrected chi connectivity index (χ1v) is 9.58. The van der Waals surface area contributed by atoms with E-state index in [1.54, 1.807) is 24.3 Å². The summed E-state index contributed by atoms with van der Waals surface area (Å²) < 4.78 is 37.8. The van der Waals surface area contributed by atoms with Crippen LogP contribution >= 0.6 is 11.6 Å². The fourth-order valence-electron chi connectivity index (χ4n) is 2.29. The van der Waals surface area contributed by atoms with Gasteiger partial charge in [-0.3, -0.25) is 0 Å². The summed E-state index contributed by atoms with van der Waals surface area (Å²) in [4.78, 5) is 0.171. The van der Waals surface area contributed by atoms with Gasteiger partial charge in [0.05, 0.1) is 23.6 Å². The summed E-state index contributed by atoms with van der Waals surface area (Å²) in [6.45, 7) is 2.56. The minimum atomic E-state index is -3.58. The van der Waals surface area contributed by atoms with Gasteiger partial charge in [-0.05, 0) is 55.3 Å². The number of nitrogens with one attached hydrogen (secondary N) is 1. The van der Waals surface area contributed by atoms with Gasteiger partial charge in [-0.1, -0.05) is 11.6 Å². The van der Waals surface area contributed by atoms with Crippen molar-refractivity contribution in [2.45, 2.75) is 18.2 Å². The molecule has 0 aliphatic rings. The van der Waals surface area contributed by atoms with E-state index in [9.17, 15) is 8.42 Å². The molecular formula is C17H21ClN2O4S. The Labute approximate surface area is 152 Å². The van der Waals surface area contributed by atoms with E-state index in [0.717, 1.165) is 5.56 Å². The van der Waals surface area contributed by atoms with Crippen LogP contribution in [0.2, 0.25) is 5.02 Å². The summed E-state index contributed by atoms with van der Waals surface area (Å²) in [6, 6.07) is 9.56. The van der Waals surface area contributed by atoms with Crippen LogP contribution in [0.4, 0.5) is 5.69 Å². The monoisotopic (exact) mass is 384 g/mol. The van der Waals surface area contributed by atoms with Crippen LogP contribution in [0, 0.1) is 0 Å². The Morgan fingerprint density at radius 3 is 2.48 bits per heavy atom. The van der Waals surface area contributed by atoms with E-state index >= 15 is 0 Å². The number of benzene rings is 2. The zero-order chi connectivity index (χ0) is 18.4. The fourth-order valence-corrected chi connectivity index (χ4v) is 3.63. The van der Waals surface area contributed by atoms with Crippen LogP contribution in [0.25, 0.3) is 0 Å². The maximum absolute atomic E-state index is 12.2. The molecule has 2 aromatic rings. The molecule has 0 heterocycles. The lowest BCUT2D eigenvalue weighted by molar-refractivity contribution is 0.310. The largest absolute Gasteiger partial charge is 0.491 e. The molecule has 25 heavy (non-hydrogen) atoms. The van der Waals surface area contributed by atoms with Crippen LogP contribution in [0.1, 0.15) is 12.5 Å². The minimum Gasteiger partial charge on any atom is -0.491 e. The van der Waals surface area contributed by atoms with Gasteiger partial charge in [0.25, 0.3) is 0 Å². The van der Waals surface area contributed by atoms with E-state index in [2.05, 4.69) is 4.72 Å². The van der Waals surface area contributed by atoms with Gasteiger partial charge >= 0.3 is 0 Å². The number of hydrogen-bond acceptors (Lipinski definition) is 5. The third-order valence-corrected chi connectivity index (χ3v) is 5.23.